The van der Waals surface area contributed by atoms with Gasteiger partial charge in [0.05, 0.1) is 5.39 Å². The SMILES string of the molecule is Cc1cc(O[C@H](C)C(=O)NC2CCN(Cc3ccccc3)CC2)c2c(C)cc(=O)oc2c1. The number of amides is 1. The molecular formula is C26H30N2O4. The molecule has 2 aromatic carbocycles. The minimum Gasteiger partial charge on any atom is -0.480 e. The molecule has 0 radical (unpaired) electrons. The summed E-state index contributed by atoms with van der Waals surface area (Å²) in [4.78, 5) is 27.0. The zero-order valence-corrected chi connectivity index (χ0v) is 18.9. The van der Waals surface area contributed by atoms with Gasteiger partial charge in [-0.25, -0.2) is 4.79 Å². The third-order valence-corrected chi connectivity index (χ3v) is 6.01. The summed E-state index contributed by atoms with van der Waals surface area (Å²) >= 11 is 0. The third-order valence-electron chi connectivity index (χ3n) is 6.01. The van der Waals surface area contributed by atoms with E-state index < -0.39 is 11.7 Å². The van der Waals surface area contributed by atoms with Gasteiger partial charge in [0, 0.05) is 31.7 Å². The maximum absolute atomic E-state index is 12.8. The van der Waals surface area contributed by atoms with Crippen LogP contribution in [0.15, 0.2) is 57.7 Å². The first kappa shape index (κ1) is 22.1. The fraction of sp³-hybridized carbons (Fsp3) is 0.385. The number of fused-ring (bicyclic) bond motifs is 1. The van der Waals surface area contributed by atoms with Crippen molar-refractivity contribution in [1.82, 2.24) is 10.2 Å². The van der Waals surface area contributed by atoms with Crippen molar-refractivity contribution in [1.29, 1.82) is 0 Å². The van der Waals surface area contributed by atoms with Crippen molar-refractivity contribution >= 4 is 16.9 Å². The molecule has 4 rings (SSSR count). The minimum atomic E-state index is -0.659. The number of benzene rings is 2. The highest BCUT2D eigenvalue weighted by Crippen LogP contribution is 2.30. The molecule has 6 heteroatoms. The number of aryl methyl sites for hydroxylation is 2. The molecular weight excluding hydrogens is 404 g/mol. The Morgan fingerprint density at radius 3 is 2.59 bits per heavy atom. The highest BCUT2D eigenvalue weighted by atomic mass is 16.5. The van der Waals surface area contributed by atoms with Gasteiger partial charge in [-0.2, -0.15) is 0 Å². The zero-order chi connectivity index (χ0) is 22.7. The molecule has 1 fully saturated rings. The Hall–Kier alpha value is -3.12. The topological polar surface area (TPSA) is 71.8 Å². The maximum atomic E-state index is 12.8. The average molecular weight is 435 g/mol. The molecule has 1 aromatic heterocycles. The van der Waals surface area contributed by atoms with Crippen molar-refractivity contribution in [3.63, 3.8) is 0 Å². The summed E-state index contributed by atoms with van der Waals surface area (Å²) in [7, 11) is 0. The lowest BCUT2D eigenvalue weighted by Gasteiger charge is -2.33. The van der Waals surface area contributed by atoms with Crippen LogP contribution in [0.3, 0.4) is 0 Å². The van der Waals surface area contributed by atoms with Crippen molar-refractivity contribution in [3.05, 3.63) is 75.6 Å². The minimum absolute atomic E-state index is 0.129. The molecule has 0 spiro atoms. The summed E-state index contributed by atoms with van der Waals surface area (Å²) < 4.78 is 11.4. The number of hydrogen-bond acceptors (Lipinski definition) is 5. The van der Waals surface area contributed by atoms with Crippen LogP contribution in [0.5, 0.6) is 5.75 Å². The van der Waals surface area contributed by atoms with Gasteiger partial charge in [-0.15, -0.1) is 0 Å². The van der Waals surface area contributed by atoms with Gasteiger partial charge >= 0.3 is 5.63 Å². The van der Waals surface area contributed by atoms with Gasteiger partial charge in [0.2, 0.25) is 0 Å². The molecule has 2 heterocycles. The number of piperidine rings is 1. The van der Waals surface area contributed by atoms with E-state index in [4.69, 9.17) is 9.15 Å². The number of carbonyl (C=O) groups excluding carboxylic acids is 1. The third kappa shape index (κ3) is 5.19. The molecule has 0 unspecified atom stereocenters. The van der Waals surface area contributed by atoms with Gasteiger partial charge in [-0.05, 0) is 62.4 Å². The standard InChI is InChI=1S/C26H30N2O4/c1-17-13-22(25-18(2)15-24(29)32-23(25)14-17)31-19(3)26(30)27-21-9-11-28(12-10-21)16-20-7-5-4-6-8-20/h4-8,13-15,19,21H,9-12,16H2,1-3H3,(H,27,30)/t19-/m1/s1. The van der Waals surface area contributed by atoms with Gasteiger partial charge in [-0.1, -0.05) is 30.3 Å². The van der Waals surface area contributed by atoms with Crippen LogP contribution in [-0.4, -0.2) is 36.0 Å². The monoisotopic (exact) mass is 434 g/mol. The molecule has 3 aromatic rings. The van der Waals surface area contributed by atoms with E-state index in [1.807, 2.05) is 32.0 Å². The summed E-state index contributed by atoms with van der Waals surface area (Å²) in [6, 6.07) is 15.7. The lowest BCUT2D eigenvalue weighted by molar-refractivity contribution is -0.128. The molecule has 6 nitrogen and oxygen atoms in total. The first-order valence-electron chi connectivity index (χ1n) is 11.2. The van der Waals surface area contributed by atoms with E-state index in [2.05, 4.69) is 34.5 Å². The number of carbonyl (C=O) groups is 1. The van der Waals surface area contributed by atoms with E-state index in [9.17, 15) is 9.59 Å². The summed E-state index contributed by atoms with van der Waals surface area (Å²) in [5, 5.41) is 3.87. The zero-order valence-electron chi connectivity index (χ0n) is 18.9. The summed E-state index contributed by atoms with van der Waals surface area (Å²) in [6.45, 7) is 8.35. The lowest BCUT2D eigenvalue weighted by atomic mass is 10.0. The van der Waals surface area contributed by atoms with Crippen LogP contribution in [0, 0.1) is 13.8 Å². The Balaban J connectivity index is 1.36. The summed E-state index contributed by atoms with van der Waals surface area (Å²) in [6.07, 6.45) is 1.18. The summed E-state index contributed by atoms with van der Waals surface area (Å²) in [5.74, 6) is 0.429. The highest BCUT2D eigenvalue weighted by molar-refractivity contribution is 5.88. The van der Waals surface area contributed by atoms with Gasteiger partial charge in [0.1, 0.15) is 11.3 Å². The molecule has 1 atom stereocenters. The molecule has 168 valence electrons. The second kappa shape index (κ2) is 9.57. The van der Waals surface area contributed by atoms with Crippen LogP contribution in [0.25, 0.3) is 11.0 Å². The predicted molar refractivity (Wildman–Crippen MR) is 125 cm³/mol. The average Bonchev–Trinajstić information content (AvgIpc) is 2.75. The van der Waals surface area contributed by atoms with Crippen molar-refractivity contribution in [2.45, 2.75) is 52.3 Å². The maximum Gasteiger partial charge on any atom is 0.336 e. The second-order valence-electron chi connectivity index (χ2n) is 8.69. The van der Waals surface area contributed by atoms with Crippen LogP contribution in [0.2, 0.25) is 0 Å². The van der Waals surface area contributed by atoms with E-state index in [1.165, 1.54) is 11.6 Å². The van der Waals surface area contributed by atoms with Gasteiger partial charge in [0.25, 0.3) is 5.91 Å². The first-order valence-corrected chi connectivity index (χ1v) is 11.2. The number of nitrogens with zero attached hydrogens (tertiary/aromatic N) is 1. The molecule has 1 aliphatic rings. The van der Waals surface area contributed by atoms with Crippen molar-refractivity contribution < 1.29 is 13.9 Å². The number of ether oxygens (including phenoxy) is 1. The Bertz CT molecular complexity index is 1150. The van der Waals surface area contributed by atoms with Gasteiger partial charge in [-0.3, -0.25) is 9.69 Å². The van der Waals surface area contributed by atoms with Crippen LogP contribution in [-0.2, 0) is 11.3 Å². The molecule has 1 amide bonds. The van der Waals surface area contributed by atoms with Crippen LogP contribution >= 0.6 is 0 Å². The van der Waals surface area contributed by atoms with Crippen LogP contribution in [0.4, 0.5) is 0 Å². The molecule has 1 N–H and O–H groups in total. The van der Waals surface area contributed by atoms with Gasteiger partial charge < -0.3 is 14.5 Å². The Morgan fingerprint density at radius 2 is 1.88 bits per heavy atom. The Morgan fingerprint density at radius 1 is 1.16 bits per heavy atom. The second-order valence-corrected chi connectivity index (χ2v) is 8.69. The van der Waals surface area contributed by atoms with Crippen LogP contribution in [0.1, 0.15) is 36.5 Å². The Labute approximate surface area is 188 Å². The number of hydrogen-bond donors (Lipinski definition) is 1. The Kier molecular flexibility index (Phi) is 6.61. The van der Waals surface area contributed by atoms with E-state index in [0.717, 1.165) is 49.0 Å². The predicted octanol–water partition coefficient (Wildman–Crippen LogP) is 3.96. The molecule has 0 saturated carbocycles. The quantitative estimate of drug-likeness (QED) is 0.595. The normalized spacial score (nSPS) is 16.1. The largest absolute Gasteiger partial charge is 0.480 e. The van der Waals surface area contributed by atoms with Crippen molar-refractivity contribution in [2.75, 3.05) is 13.1 Å². The van der Waals surface area contributed by atoms with E-state index in [1.54, 1.807) is 6.92 Å². The van der Waals surface area contributed by atoms with E-state index in [0.29, 0.717) is 11.3 Å². The lowest BCUT2D eigenvalue weighted by Crippen LogP contribution is -2.47. The van der Waals surface area contributed by atoms with E-state index >= 15 is 0 Å². The number of nitrogens with one attached hydrogen (secondary N) is 1. The molecule has 0 aliphatic carbocycles. The highest BCUT2D eigenvalue weighted by Gasteiger charge is 2.24. The smallest absolute Gasteiger partial charge is 0.336 e. The fourth-order valence-corrected chi connectivity index (χ4v) is 4.31. The first-order chi connectivity index (χ1) is 15.4. The molecule has 1 aliphatic heterocycles. The van der Waals surface area contributed by atoms with Crippen LogP contribution < -0.4 is 15.7 Å². The van der Waals surface area contributed by atoms with Crippen molar-refractivity contribution in [2.24, 2.45) is 0 Å². The number of rotatable bonds is 6. The number of likely N-dealkylation sites (tertiary alicyclic amines) is 1. The fourth-order valence-electron chi connectivity index (χ4n) is 4.31. The molecule has 1 saturated heterocycles. The van der Waals surface area contributed by atoms with Gasteiger partial charge in [0.15, 0.2) is 6.10 Å². The molecule has 0 bridgehead atoms. The summed E-state index contributed by atoms with van der Waals surface area (Å²) in [5.41, 5.74) is 3.07. The van der Waals surface area contributed by atoms with Crippen molar-refractivity contribution in [3.8, 4) is 5.75 Å². The molecule has 32 heavy (non-hydrogen) atoms. The van der Waals surface area contributed by atoms with E-state index in [-0.39, 0.29) is 11.9 Å².